The van der Waals surface area contributed by atoms with Crippen molar-refractivity contribution < 1.29 is 0 Å². The Balaban J connectivity index is 2.25. The van der Waals surface area contributed by atoms with Gasteiger partial charge in [-0.15, -0.1) is 0 Å². The number of aromatic amines is 1. The fourth-order valence-corrected chi connectivity index (χ4v) is 3.55. The maximum Gasteiger partial charge on any atom is 0.193 e. The zero-order chi connectivity index (χ0) is 17.6. The number of hydrogen-bond donors (Lipinski definition) is 1. The number of aromatic nitrogens is 2. The molecule has 0 aliphatic carbocycles. The molecule has 0 saturated heterocycles. The highest BCUT2D eigenvalue weighted by molar-refractivity contribution is 6.34. The molecule has 2 heterocycles. The minimum Gasteiger partial charge on any atom is -0.354 e. The molecule has 0 aliphatic rings. The predicted octanol–water partition coefficient (Wildman–Crippen LogP) is 5.50. The van der Waals surface area contributed by atoms with Gasteiger partial charge in [-0.05, 0) is 35.6 Å². The molecule has 0 unspecified atom stereocenters. The van der Waals surface area contributed by atoms with Crippen molar-refractivity contribution in [3.05, 3.63) is 62.0 Å². The predicted molar refractivity (Wildman–Crippen MR) is 101 cm³/mol. The highest BCUT2D eigenvalue weighted by Gasteiger charge is 2.19. The Morgan fingerprint density at radius 1 is 1.12 bits per heavy atom. The molecule has 0 saturated carbocycles. The standard InChI is InChI=1S/C19H18Cl2N2O/c1-10-7-12(19(2,3)4)13(20)8-11(10)15-9-16(24)17-14(23-15)5-6-22-18(17)21/h5-9H,1-4H3,(H,23,24). The molecular formula is C19H18Cl2N2O. The summed E-state index contributed by atoms with van der Waals surface area (Å²) in [5.41, 5.74) is 4.21. The summed E-state index contributed by atoms with van der Waals surface area (Å²) in [7, 11) is 0. The van der Waals surface area contributed by atoms with Crippen LogP contribution in [0, 0.1) is 6.92 Å². The third-order valence-corrected chi connectivity index (χ3v) is 4.71. The third kappa shape index (κ3) is 2.94. The zero-order valence-corrected chi connectivity index (χ0v) is 15.5. The van der Waals surface area contributed by atoms with E-state index in [4.69, 9.17) is 23.2 Å². The number of H-pyrrole nitrogens is 1. The van der Waals surface area contributed by atoms with Crippen LogP contribution in [0.3, 0.4) is 0 Å². The zero-order valence-electron chi connectivity index (χ0n) is 14.0. The summed E-state index contributed by atoms with van der Waals surface area (Å²) in [5.74, 6) is 0. The van der Waals surface area contributed by atoms with Crippen LogP contribution in [0.2, 0.25) is 10.2 Å². The number of benzene rings is 1. The molecule has 5 heteroatoms. The van der Waals surface area contributed by atoms with Crippen molar-refractivity contribution in [3.63, 3.8) is 0 Å². The van der Waals surface area contributed by atoms with Gasteiger partial charge in [-0.3, -0.25) is 4.79 Å². The summed E-state index contributed by atoms with van der Waals surface area (Å²) >= 11 is 12.5. The Bertz CT molecular complexity index is 1000. The molecule has 0 atom stereocenters. The molecule has 1 aromatic carbocycles. The number of aryl methyl sites for hydroxylation is 1. The van der Waals surface area contributed by atoms with E-state index in [1.54, 1.807) is 18.3 Å². The van der Waals surface area contributed by atoms with Crippen LogP contribution >= 0.6 is 23.2 Å². The Morgan fingerprint density at radius 3 is 2.50 bits per heavy atom. The number of pyridine rings is 2. The van der Waals surface area contributed by atoms with Crippen LogP contribution in [0.1, 0.15) is 31.9 Å². The Hall–Kier alpha value is -1.84. The molecule has 3 rings (SSSR count). The lowest BCUT2D eigenvalue weighted by Crippen LogP contribution is -2.12. The molecule has 0 spiro atoms. The van der Waals surface area contributed by atoms with Crippen LogP contribution in [0.25, 0.3) is 22.2 Å². The minimum absolute atomic E-state index is 0.0453. The third-order valence-electron chi connectivity index (χ3n) is 4.11. The van der Waals surface area contributed by atoms with Crippen molar-refractivity contribution >= 4 is 34.1 Å². The van der Waals surface area contributed by atoms with Crippen molar-refractivity contribution in [1.82, 2.24) is 9.97 Å². The molecule has 0 bridgehead atoms. The van der Waals surface area contributed by atoms with Gasteiger partial charge in [0.2, 0.25) is 0 Å². The van der Waals surface area contributed by atoms with Gasteiger partial charge in [-0.25, -0.2) is 4.98 Å². The van der Waals surface area contributed by atoms with E-state index < -0.39 is 0 Å². The normalized spacial score (nSPS) is 11.9. The fraction of sp³-hybridized carbons (Fsp3) is 0.263. The van der Waals surface area contributed by atoms with E-state index in [9.17, 15) is 4.79 Å². The smallest absolute Gasteiger partial charge is 0.193 e. The maximum absolute atomic E-state index is 12.4. The van der Waals surface area contributed by atoms with Gasteiger partial charge in [0.05, 0.1) is 16.6 Å². The highest BCUT2D eigenvalue weighted by Crippen LogP contribution is 2.35. The number of nitrogens with zero attached hydrogens (tertiary/aromatic N) is 1. The quantitative estimate of drug-likeness (QED) is 0.582. The highest BCUT2D eigenvalue weighted by atomic mass is 35.5. The first-order chi connectivity index (χ1) is 11.2. The summed E-state index contributed by atoms with van der Waals surface area (Å²) in [6, 6.07) is 7.29. The SMILES string of the molecule is Cc1cc(C(C)(C)C)c(Cl)cc1-c1cc(=O)c2c(Cl)nccc2[nH]1. The van der Waals surface area contributed by atoms with E-state index in [0.29, 0.717) is 15.9 Å². The van der Waals surface area contributed by atoms with Gasteiger partial charge in [0.1, 0.15) is 5.15 Å². The lowest BCUT2D eigenvalue weighted by atomic mass is 9.85. The number of fused-ring (bicyclic) bond motifs is 1. The Kier molecular flexibility index (Phi) is 4.18. The van der Waals surface area contributed by atoms with Crippen LogP contribution in [0.4, 0.5) is 0 Å². The number of hydrogen-bond acceptors (Lipinski definition) is 2. The molecule has 2 aromatic heterocycles. The average Bonchev–Trinajstić information content (AvgIpc) is 2.47. The first-order valence-electron chi connectivity index (χ1n) is 7.67. The van der Waals surface area contributed by atoms with Gasteiger partial charge in [-0.2, -0.15) is 0 Å². The van der Waals surface area contributed by atoms with E-state index >= 15 is 0 Å². The summed E-state index contributed by atoms with van der Waals surface area (Å²) in [4.78, 5) is 19.7. The summed E-state index contributed by atoms with van der Waals surface area (Å²) in [6.45, 7) is 8.39. The second kappa shape index (κ2) is 5.91. The minimum atomic E-state index is -0.160. The molecule has 0 fully saturated rings. The van der Waals surface area contributed by atoms with E-state index in [0.717, 1.165) is 22.4 Å². The van der Waals surface area contributed by atoms with Crippen LogP contribution in [0.15, 0.2) is 35.3 Å². The van der Waals surface area contributed by atoms with Crippen LogP contribution in [-0.4, -0.2) is 9.97 Å². The van der Waals surface area contributed by atoms with E-state index in [1.165, 1.54) is 0 Å². The molecule has 24 heavy (non-hydrogen) atoms. The molecule has 0 aliphatic heterocycles. The largest absolute Gasteiger partial charge is 0.354 e. The van der Waals surface area contributed by atoms with E-state index in [2.05, 4.69) is 36.8 Å². The van der Waals surface area contributed by atoms with Crippen LogP contribution < -0.4 is 5.43 Å². The number of nitrogens with one attached hydrogen (secondary N) is 1. The molecule has 3 nitrogen and oxygen atoms in total. The first kappa shape index (κ1) is 17.0. The topological polar surface area (TPSA) is 45.8 Å². The lowest BCUT2D eigenvalue weighted by Gasteiger charge is -2.22. The number of rotatable bonds is 1. The molecule has 0 amide bonds. The maximum atomic E-state index is 12.4. The second-order valence-electron chi connectivity index (χ2n) is 6.97. The van der Waals surface area contributed by atoms with Crippen molar-refractivity contribution in [2.24, 2.45) is 0 Å². The summed E-state index contributed by atoms with van der Waals surface area (Å²) in [6.07, 6.45) is 1.58. The Morgan fingerprint density at radius 2 is 1.83 bits per heavy atom. The molecule has 3 aromatic rings. The molecule has 124 valence electrons. The van der Waals surface area contributed by atoms with Gasteiger partial charge in [0, 0.05) is 22.8 Å². The molecule has 1 N–H and O–H groups in total. The monoisotopic (exact) mass is 360 g/mol. The average molecular weight is 361 g/mol. The first-order valence-corrected chi connectivity index (χ1v) is 8.42. The van der Waals surface area contributed by atoms with Crippen molar-refractivity contribution in [3.8, 4) is 11.3 Å². The Labute approximate surface area is 150 Å². The molecule has 0 radical (unpaired) electrons. The van der Waals surface area contributed by atoms with Gasteiger partial charge in [0.25, 0.3) is 0 Å². The van der Waals surface area contributed by atoms with E-state index in [-0.39, 0.29) is 16.0 Å². The van der Waals surface area contributed by atoms with Crippen LogP contribution in [0.5, 0.6) is 0 Å². The van der Waals surface area contributed by atoms with Gasteiger partial charge in [-0.1, -0.05) is 50.0 Å². The van der Waals surface area contributed by atoms with Gasteiger partial charge >= 0.3 is 0 Å². The van der Waals surface area contributed by atoms with Crippen molar-refractivity contribution in [2.45, 2.75) is 33.1 Å². The lowest BCUT2D eigenvalue weighted by molar-refractivity contribution is 0.590. The van der Waals surface area contributed by atoms with Gasteiger partial charge in [0.15, 0.2) is 5.43 Å². The summed E-state index contributed by atoms with van der Waals surface area (Å²) < 4.78 is 0. The van der Waals surface area contributed by atoms with E-state index in [1.807, 2.05) is 13.0 Å². The molecular weight excluding hydrogens is 343 g/mol. The fourth-order valence-electron chi connectivity index (χ4n) is 2.85. The van der Waals surface area contributed by atoms with Gasteiger partial charge < -0.3 is 4.98 Å². The number of halogens is 2. The van der Waals surface area contributed by atoms with Crippen molar-refractivity contribution in [2.75, 3.05) is 0 Å². The van der Waals surface area contributed by atoms with Crippen molar-refractivity contribution in [1.29, 1.82) is 0 Å². The summed E-state index contributed by atoms with van der Waals surface area (Å²) in [5, 5.41) is 1.30. The second-order valence-corrected chi connectivity index (χ2v) is 7.73. The van der Waals surface area contributed by atoms with Crippen LogP contribution in [-0.2, 0) is 5.41 Å².